The third-order valence-corrected chi connectivity index (χ3v) is 14.8. The number of hydrogen-bond donors (Lipinski definition) is 0. The molecule has 3 nitrogen and oxygen atoms in total. The molecule has 7 aromatic carbocycles. The Morgan fingerprint density at radius 1 is 0.467 bits per heavy atom. The van der Waals surface area contributed by atoms with Crippen molar-refractivity contribution in [1.82, 2.24) is 0 Å². The van der Waals surface area contributed by atoms with Gasteiger partial charge in [-0.2, -0.15) is 0 Å². The molecule has 0 bridgehead atoms. The maximum absolute atomic E-state index is 2.71. The molecule has 3 aliphatic heterocycles. The highest BCUT2D eigenvalue weighted by Gasteiger charge is 2.60. The average Bonchev–Trinajstić information content (AvgIpc) is 3.46. The van der Waals surface area contributed by atoms with E-state index in [0.717, 1.165) is 12.8 Å². The van der Waals surface area contributed by atoms with E-state index in [4.69, 9.17) is 0 Å². The van der Waals surface area contributed by atoms with Crippen LogP contribution < -0.4 is 31.1 Å². The quantitative estimate of drug-likeness (QED) is 0.165. The molecule has 7 aromatic rings. The van der Waals surface area contributed by atoms with Gasteiger partial charge in [-0.15, -0.1) is 0 Å². The highest BCUT2D eigenvalue weighted by molar-refractivity contribution is 7.00. The fraction of sp³-hybridized carbons (Fsp3) is 0.250. The Morgan fingerprint density at radius 2 is 1.02 bits per heavy atom. The van der Waals surface area contributed by atoms with Gasteiger partial charge in [0.25, 0.3) is 6.71 Å². The van der Waals surface area contributed by atoms with Gasteiger partial charge < -0.3 is 14.7 Å². The molecule has 4 aliphatic rings. The van der Waals surface area contributed by atoms with Crippen molar-refractivity contribution >= 4 is 68.6 Å². The zero-order valence-electron chi connectivity index (χ0n) is 36.3. The third-order valence-electron chi connectivity index (χ3n) is 14.8. The van der Waals surface area contributed by atoms with Gasteiger partial charge in [0.05, 0.1) is 5.54 Å². The number of para-hydroxylation sites is 3. The van der Waals surface area contributed by atoms with Crippen molar-refractivity contribution in [3.8, 4) is 0 Å². The summed E-state index contributed by atoms with van der Waals surface area (Å²) in [6.45, 7) is 19.1. The summed E-state index contributed by atoms with van der Waals surface area (Å²) in [6.07, 6.45) is 2.19. The smallest absolute Gasteiger partial charge is 0.252 e. The molecule has 4 heteroatoms. The Labute approximate surface area is 357 Å². The number of fused-ring (bicyclic) bond motifs is 9. The first-order valence-electron chi connectivity index (χ1n) is 21.9. The van der Waals surface area contributed by atoms with Crippen molar-refractivity contribution in [1.29, 1.82) is 0 Å². The lowest BCUT2D eigenvalue weighted by Gasteiger charge is -2.51. The highest BCUT2D eigenvalue weighted by atomic mass is 15.3. The molecule has 60 heavy (non-hydrogen) atoms. The molecular weight excluding hydrogens is 725 g/mol. The minimum atomic E-state index is -0.286. The highest BCUT2D eigenvalue weighted by Crippen LogP contribution is 2.64. The number of hydrogen-bond acceptors (Lipinski definition) is 3. The first-order valence-corrected chi connectivity index (χ1v) is 21.9. The Kier molecular flexibility index (Phi) is 7.87. The minimum Gasteiger partial charge on any atom is -0.330 e. The molecule has 0 radical (unpaired) electrons. The Hall–Kier alpha value is -6.00. The van der Waals surface area contributed by atoms with Crippen molar-refractivity contribution in [3.63, 3.8) is 0 Å². The fourth-order valence-electron chi connectivity index (χ4n) is 11.4. The summed E-state index contributed by atoms with van der Waals surface area (Å²) < 4.78 is 0. The van der Waals surface area contributed by atoms with Gasteiger partial charge in [-0.3, -0.25) is 0 Å². The van der Waals surface area contributed by atoms with Crippen LogP contribution in [0.1, 0.15) is 89.6 Å². The number of aryl methyl sites for hydroxylation is 1. The van der Waals surface area contributed by atoms with Crippen LogP contribution in [0.3, 0.4) is 0 Å². The van der Waals surface area contributed by atoms with Crippen LogP contribution in [0.25, 0.3) is 0 Å². The van der Waals surface area contributed by atoms with E-state index in [-0.39, 0.29) is 28.5 Å². The monoisotopic (exact) mass is 779 g/mol. The van der Waals surface area contributed by atoms with Crippen LogP contribution in [-0.4, -0.2) is 6.71 Å². The van der Waals surface area contributed by atoms with Gasteiger partial charge in [-0.1, -0.05) is 146 Å². The molecule has 1 aliphatic carbocycles. The summed E-state index contributed by atoms with van der Waals surface area (Å²) in [7, 11) is 0. The van der Waals surface area contributed by atoms with E-state index in [1.165, 1.54) is 89.7 Å². The van der Waals surface area contributed by atoms with Crippen molar-refractivity contribution in [2.45, 2.75) is 90.0 Å². The van der Waals surface area contributed by atoms with E-state index >= 15 is 0 Å². The Bertz CT molecular complexity index is 2850. The molecule has 2 unspecified atom stereocenters. The summed E-state index contributed by atoms with van der Waals surface area (Å²) in [5.41, 5.74) is 20.5. The number of anilines is 8. The predicted octanol–water partition coefficient (Wildman–Crippen LogP) is 12.6. The summed E-state index contributed by atoms with van der Waals surface area (Å²) in [4.78, 5) is 7.83. The molecule has 296 valence electrons. The van der Waals surface area contributed by atoms with Crippen LogP contribution in [0.4, 0.5) is 45.5 Å². The molecule has 0 saturated carbocycles. The van der Waals surface area contributed by atoms with Gasteiger partial charge in [0.1, 0.15) is 0 Å². The van der Waals surface area contributed by atoms with Crippen molar-refractivity contribution in [3.05, 3.63) is 186 Å². The zero-order valence-corrected chi connectivity index (χ0v) is 36.3. The van der Waals surface area contributed by atoms with Gasteiger partial charge in [0.15, 0.2) is 0 Å². The van der Waals surface area contributed by atoms with E-state index in [1.807, 2.05) is 0 Å². The van der Waals surface area contributed by atoms with Gasteiger partial charge >= 0.3 is 0 Å². The number of nitrogens with zero attached hydrogens (tertiary/aromatic N) is 3. The number of benzene rings is 7. The van der Waals surface area contributed by atoms with Crippen LogP contribution in [-0.2, 0) is 28.2 Å². The van der Waals surface area contributed by atoms with Crippen LogP contribution in [0.15, 0.2) is 158 Å². The van der Waals surface area contributed by atoms with Gasteiger partial charge in [0.2, 0.25) is 0 Å². The summed E-state index contributed by atoms with van der Waals surface area (Å²) in [6, 6.07) is 60.4. The molecule has 11 rings (SSSR count). The lowest BCUT2D eigenvalue weighted by Crippen LogP contribution is -2.61. The topological polar surface area (TPSA) is 9.72 Å². The fourth-order valence-corrected chi connectivity index (χ4v) is 11.4. The van der Waals surface area contributed by atoms with Crippen LogP contribution >= 0.6 is 0 Å². The van der Waals surface area contributed by atoms with E-state index < -0.39 is 0 Å². The molecule has 0 amide bonds. The van der Waals surface area contributed by atoms with E-state index in [9.17, 15) is 0 Å². The molecule has 2 atom stereocenters. The van der Waals surface area contributed by atoms with Crippen molar-refractivity contribution in [2.75, 3.05) is 14.7 Å². The SMILES string of the molecule is CC(C)(C)c1ccc(N2c3cc(N4c5ccccc5C5(C)CCc6ccccc6C45C)ccc3B3c4ccccc4N(c4ccccc4)c4cc(C(C)(C)C)cc2c43)cc1. The third kappa shape index (κ3) is 5.09. The molecule has 0 aromatic heterocycles. The average molecular weight is 780 g/mol. The molecular formula is C56H54BN3. The second-order valence-electron chi connectivity index (χ2n) is 20.1. The maximum Gasteiger partial charge on any atom is 0.252 e. The van der Waals surface area contributed by atoms with E-state index in [1.54, 1.807) is 0 Å². The number of rotatable bonds is 3. The van der Waals surface area contributed by atoms with Crippen LogP contribution in [0.2, 0.25) is 0 Å². The molecule has 0 N–H and O–H groups in total. The van der Waals surface area contributed by atoms with Gasteiger partial charge in [0, 0.05) is 50.9 Å². The summed E-state index contributed by atoms with van der Waals surface area (Å²) in [5, 5.41) is 0. The molecule has 3 heterocycles. The lowest BCUT2D eigenvalue weighted by atomic mass is 9.33. The standard InChI is InChI=1S/C56H54BN3/c1-53(2,3)38-26-28-41(29-27-38)59-49-36-42(60-47-24-16-14-22-44(47)55(7)33-32-37-18-12-13-21-43(37)56(55,60)8)30-31-46(49)57-45-23-15-17-25-48(45)58(40-19-10-9-11-20-40)50-34-39(54(4,5)6)35-51(59)52(50)57/h9-31,34-36H,32-33H2,1-8H3. The molecule has 0 saturated heterocycles. The molecule has 0 fully saturated rings. The van der Waals surface area contributed by atoms with E-state index in [2.05, 4.69) is 228 Å². The maximum atomic E-state index is 2.71. The molecule has 0 spiro atoms. The Balaban J connectivity index is 1.22. The normalized spacial score (nSPS) is 19.9. The summed E-state index contributed by atoms with van der Waals surface area (Å²) >= 11 is 0. The largest absolute Gasteiger partial charge is 0.330 e. The first-order chi connectivity index (χ1) is 28.8. The van der Waals surface area contributed by atoms with Crippen molar-refractivity contribution in [2.24, 2.45) is 0 Å². The predicted molar refractivity (Wildman–Crippen MR) is 256 cm³/mol. The second-order valence-corrected chi connectivity index (χ2v) is 20.1. The lowest BCUT2D eigenvalue weighted by molar-refractivity contribution is 0.245. The van der Waals surface area contributed by atoms with E-state index in [0.29, 0.717) is 0 Å². The minimum absolute atomic E-state index is 0.0450. The van der Waals surface area contributed by atoms with Crippen LogP contribution in [0, 0.1) is 0 Å². The summed E-state index contributed by atoms with van der Waals surface area (Å²) in [5.74, 6) is 0. The zero-order chi connectivity index (χ0) is 41.3. The second kappa shape index (κ2) is 12.8. The Morgan fingerprint density at radius 3 is 1.72 bits per heavy atom. The van der Waals surface area contributed by atoms with Gasteiger partial charge in [-0.25, -0.2) is 0 Å². The first kappa shape index (κ1) is 37.0. The van der Waals surface area contributed by atoms with Gasteiger partial charge in [-0.05, 0) is 135 Å². The van der Waals surface area contributed by atoms with Crippen molar-refractivity contribution < 1.29 is 0 Å². The van der Waals surface area contributed by atoms with Crippen LogP contribution in [0.5, 0.6) is 0 Å².